The van der Waals surface area contributed by atoms with Crippen molar-refractivity contribution < 1.29 is 13.5 Å². The average molecular weight is 277 g/mol. The van der Waals surface area contributed by atoms with Gasteiger partial charge < -0.3 is 10.1 Å². The van der Waals surface area contributed by atoms with Gasteiger partial charge in [-0.15, -0.1) is 0 Å². The predicted octanol–water partition coefficient (Wildman–Crippen LogP) is 4.18. The maximum absolute atomic E-state index is 13.9. The summed E-state index contributed by atoms with van der Waals surface area (Å²) in [6, 6.07) is 9.64. The van der Waals surface area contributed by atoms with E-state index >= 15 is 0 Å². The third-order valence-corrected chi connectivity index (χ3v) is 2.85. The van der Waals surface area contributed by atoms with Crippen molar-refractivity contribution in [2.24, 2.45) is 0 Å². The molecule has 0 unspecified atom stereocenters. The highest BCUT2D eigenvalue weighted by atomic mass is 19.1. The molecule has 2 rings (SSSR count). The standard InChI is InChI=1S/C16H17F2NO/c1-3-19-10-12-8-14(17)16(15(18)9-12)20-13-6-4-5-11(2)7-13/h4-9,19H,3,10H2,1-2H3. The van der Waals surface area contributed by atoms with Gasteiger partial charge in [0.2, 0.25) is 0 Å². The minimum absolute atomic E-state index is 0.365. The third kappa shape index (κ3) is 3.54. The van der Waals surface area contributed by atoms with Crippen LogP contribution in [0.1, 0.15) is 18.1 Å². The van der Waals surface area contributed by atoms with E-state index < -0.39 is 11.6 Å². The molecule has 0 aliphatic heterocycles. The third-order valence-electron chi connectivity index (χ3n) is 2.85. The zero-order valence-electron chi connectivity index (χ0n) is 11.5. The van der Waals surface area contributed by atoms with Crippen LogP contribution >= 0.6 is 0 Å². The molecule has 0 aromatic heterocycles. The summed E-state index contributed by atoms with van der Waals surface area (Å²) in [6.45, 7) is 4.99. The Morgan fingerprint density at radius 2 is 1.80 bits per heavy atom. The molecule has 0 aliphatic rings. The summed E-state index contributed by atoms with van der Waals surface area (Å²) < 4.78 is 33.2. The molecular weight excluding hydrogens is 260 g/mol. The van der Waals surface area contributed by atoms with E-state index in [0.717, 1.165) is 12.1 Å². The Morgan fingerprint density at radius 1 is 1.10 bits per heavy atom. The van der Waals surface area contributed by atoms with E-state index in [1.807, 2.05) is 19.9 Å². The van der Waals surface area contributed by atoms with Gasteiger partial charge in [-0.1, -0.05) is 19.1 Å². The molecule has 0 fully saturated rings. The molecule has 4 heteroatoms. The van der Waals surface area contributed by atoms with E-state index in [4.69, 9.17) is 4.74 Å². The van der Waals surface area contributed by atoms with Crippen molar-refractivity contribution in [3.05, 3.63) is 59.2 Å². The van der Waals surface area contributed by atoms with Crippen LogP contribution < -0.4 is 10.1 Å². The number of halogens is 2. The highest BCUT2D eigenvalue weighted by molar-refractivity contribution is 5.37. The minimum atomic E-state index is -0.695. The van der Waals surface area contributed by atoms with Gasteiger partial charge in [-0.05, 0) is 48.9 Å². The van der Waals surface area contributed by atoms with Gasteiger partial charge in [-0.25, -0.2) is 8.78 Å². The van der Waals surface area contributed by atoms with E-state index in [0.29, 0.717) is 17.9 Å². The first-order chi connectivity index (χ1) is 9.60. The molecule has 0 saturated heterocycles. The Bertz CT molecular complexity index is 576. The number of ether oxygens (including phenoxy) is 1. The number of rotatable bonds is 5. The van der Waals surface area contributed by atoms with Crippen molar-refractivity contribution in [3.8, 4) is 11.5 Å². The van der Waals surface area contributed by atoms with Gasteiger partial charge in [0.25, 0.3) is 0 Å². The first-order valence-electron chi connectivity index (χ1n) is 6.53. The molecule has 0 heterocycles. The van der Waals surface area contributed by atoms with Crippen LogP contribution in [0, 0.1) is 18.6 Å². The Balaban J connectivity index is 2.24. The molecule has 0 atom stereocenters. The molecule has 0 amide bonds. The quantitative estimate of drug-likeness (QED) is 0.885. The molecule has 0 aliphatic carbocycles. The number of hydrogen-bond donors (Lipinski definition) is 1. The maximum Gasteiger partial charge on any atom is 0.198 e. The second kappa shape index (κ2) is 6.48. The lowest BCUT2D eigenvalue weighted by Crippen LogP contribution is -2.12. The van der Waals surface area contributed by atoms with Crippen LogP contribution in [0.3, 0.4) is 0 Å². The highest BCUT2D eigenvalue weighted by Crippen LogP contribution is 2.29. The summed E-state index contributed by atoms with van der Waals surface area (Å²) in [6.07, 6.45) is 0. The Labute approximate surface area is 117 Å². The van der Waals surface area contributed by atoms with Gasteiger partial charge >= 0.3 is 0 Å². The van der Waals surface area contributed by atoms with Crippen LogP contribution in [-0.2, 0) is 6.54 Å². The fourth-order valence-corrected chi connectivity index (χ4v) is 1.88. The summed E-state index contributed by atoms with van der Waals surface area (Å²) in [4.78, 5) is 0. The van der Waals surface area contributed by atoms with Gasteiger partial charge in [0.05, 0.1) is 0 Å². The molecule has 0 spiro atoms. The zero-order chi connectivity index (χ0) is 14.5. The van der Waals surface area contributed by atoms with Crippen LogP contribution in [0.2, 0.25) is 0 Å². The monoisotopic (exact) mass is 277 g/mol. The average Bonchev–Trinajstić information content (AvgIpc) is 2.40. The van der Waals surface area contributed by atoms with E-state index in [-0.39, 0.29) is 5.75 Å². The summed E-state index contributed by atoms with van der Waals surface area (Å²) in [5.74, 6) is -1.34. The normalized spacial score (nSPS) is 10.6. The van der Waals surface area contributed by atoms with Gasteiger partial charge in [-0.3, -0.25) is 0 Å². The van der Waals surface area contributed by atoms with Gasteiger partial charge in [0.15, 0.2) is 17.4 Å². The summed E-state index contributed by atoms with van der Waals surface area (Å²) in [5, 5.41) is 3.02. The van der Waals surface area contributed by atoms with Crippen LogP contribution in [0.4, 0.5) is 8.78 Å². The molecule has 2 aromatic carbocycles. The predicted molar refractivity (Wildman–Crippen MR) is 75.0 cm³/mol. The first-order valence-corrected chi connectivity index (χ1v) is 6.53. The van der Waals surface area contributed by atoms with E-state index in [1.165, 1.54) is 12.1 Å². The smallest absolute Gasteiger partial charge is 0.198 e. The number of aryl methyl sites for hydroxylation is 1. The van der Waals surface area contributed by atoms with Crippen molar-refractivity contribution >= 4 is 0 Å². The molecule has 106 valence electrons. The highest BCUT2D eigenvalue weighted by Gasteiger charge is 2.13. The van der Waals surface area contributed by atoms with E-state index in [2.05, 4.69) is 5.32 Å². The van der Waals surface area contributed by atoms with Crippen molar-refractivity contribution in [2.75, 3.05) is 6.54 Å². The minimum Gasteiger partial charge on any atom is -0.451 e. The Kier molecular flexibility index (Phi) is 4.69. The fourth-order valence-electron chi connectivity index (χ4n) is 1.88. The van der Waals surface area contributed by atoms with Crippen molar-refractivity contribution in [2.45, 2.75) is 20.4 Å². The molecule has 2 nitrogen and oxygen atoms in total. The first kappa shape index (κ1) is 14.5. The van der Waals surface area contributed by atoms with Crippen molar-refractivity contribution in [1.29, 1.82) is 0 Å². The van der Waals surface area contributed by atoms with Crippen molar-refractivity contribution in [3.63, 3.8) is 0 Å². The lowest BCUT2D eigenvalue weighted by molar-refractivity contribution is 0.406. The maximum atomic E-state index is 13.9. The summed E-state index contributed by atoms with van der Waals surface area (Å²) in [5.41, 5.74) is 1.52. The van der Waals surface area contributed by atoms with Gasteiger partial charge in [-0.2, -0.15) is 0 Å². The second-order valence-corrected chi connectivity index (χ2v) is 4.59. The Morgan fingerprint density at radius 3 is 2.40 bits per heavy atom. The Hall–Kier alpha value is -1.94. The molecule has 0 bridgehead atoms. The molecule has 20 heavy (non-hydrogen) atoms. The lowest BCUT2D eigenvalue weighted by Gasteiger charge is -2.10. The summed E-state index contributed by atoms with van der Waals surface area (Å²) >= 11 is 0. The molecular formula is C16H17F2NO. The molecule has 0 radical (unpaired) electrons. The SMILES string of the molecule is CCNCc1cc(F)c(Oc2cccc(C)c2)c(F)c1. The number of nitrogens with one attached hydrogen (secondary N) is 1. The fraction of sp³-hybridized carbons (Fsp3) is 0.250. The van der Waals surface area contributed by atoms with Crippen molar-refractivity contribution in [1.82, 2.24) is 5.32 Å². The number of hydrogen-bond acceptors (Lipinski definition) is 2. The van der Waals surface area contributed by atoms with Crippen LogP contribution in [0.15, 0.2) is 36.4 Å². The van der Waals surface area contributed by atoms with Crippen LogP contribution in [0.25, 0.3) is 0 Å². The van der Waals surface area contributed by atoms with Gasteiger partial charge in [0, 0.05) is 6.54 Å². The lowest BCUT2D eigenvalue weighted by atomic mass is 10.2. The summed E-state index contributed by atoms with van der Waals surface area (Å²) in [7, 11) is 0. The second-order valence-electron chi connectivity index (χ2n) is 4.59. The number of benzene rings is 2. The zero-order valence-corrected chi connectivity index (χ0v) is 11.5. The molecule has 0 saturated carbocycles. The van der Waals surface area contributed by atoms with E-state index in [9.17, 15) is 8.78 Å². The molecule has 2 aromatic rings. The molecule has 1 N–H and O–H groups in total. The topological polar surface area (TPSA) is 21.3 Å². The van der Waals surface area contributed by atoms with Crippen LogP contribution in [0.5, 0.6) is 11.5 Å². The van der Waals surface area contributed by atoms with Gasteiger partial charge in [0.1, 0.15) is 5.75 Å². The van der Waals surface area contributed by atoms with Crippen LogP contribution in [-0.4, -0.2) is 6.54 Å². The van der Waals surface area contributed by atoms with E-state index in [1.54, 1.807) is 18.2 Å². The largest absolute Gasteiger partial charge is 0.451 e.